The van der Waals surface area contributed by atoms with Gasteiger partial charge in [-0.15, -0.1) is 0 Å². The quantitative estimate of drug-likeness (QED) is 0.942. The lowest BCUT2D eigenvalue weighted by Gasteiger charge is -2.15. The highest BCUT2D eigenvalue weighted by Crippen LogP contribution is 2.33. The monoisotopic (exact) mass is 312 g/mol. The molecule has 7 heteroatoms. The van der Waals surface area contributed by atoms with Crippen LogP contribution in [0.1, 0.15) is 16.1 Å². The topological polar surface area (TPSA) is 66.6 Å². The average molecular weight is 313 g/mol. The third-order valence-corrected chi connectivity index (χ3v) is 3.37. The number of benzene rings is 1. The number of hydrogen-bond acceptors (Lipinski definition) is 4. The van der Waals surface area contributed by atoms with Gasteiger partial charge in [-0.25, -0.2) is 4.39 Å². The van der Waals surface area contributed by atoms with Gasteiger partial charge in [0.05, 0.1) is 17.2 Å². The number of aryl methyl sites for hydroxylation is 1. The van der Waals surface area contributed by atoms with Crippen LogP contribution < -0.4 is 0 Å². The molecule has 0 fully saturated rings. The first-order chi connectivity index (χ1) is 9.97. The number of carbonyl (C=O) groups excluding carboxylic acids is 1. The average Bonchev–Trinajstić information content (AvgIpc) is 2.80. The van der Waals surface area contributed by atoms with Gasteiger partial charge in [0.25, 0.3) is 5.91 Å². The molecule has 5 nitrogen and oxygen atoms in total. The predicted octanol–water partition coefficient (Wildman–Crippen LogP) is 2.51. The van der Waals surface area contributed by atoms with Gasteiger partial charge in [-0.05, 0) is 19.1 Å². The first kappa shape index (κ1) is 15.5. The van der Waals surface area contributed by atoms with Gasteiger partial charge in [-0.3, -0.25) is 4.79 Å². The van der Waals surface area contributed by atoms with Crippen molar-refractivity contribution in [2.45, 2.75) is 6.92 Å². The summed E-state index contributed by atoms with van der Waals surface area (Å²) in [7, 11) is 1.53. The Hall–Kier alpha value is -1.92. The molecule has 2 rings (SSSR count). The van der Waals surface area contributed by atoms with Crippen molar-refractivity contribution >= 4 is 17.5 Å². The second-order valence-corrected chi connectivity index (χ2v) is 4.92. The molecule has 0 unspecified atom stereocenters. The van der Waals surface area contributed by atoms with Gasteiger partial charge < -0.3 is 14.5 Å². The molecule has 0 aliphatic rings. The number of aliphatic hydroxyl groups is 1. The van der Waals surface area contributed by atoms with Crippen molar-refractivity contribution in [3.05, 3.63) is 40.4 Å². The van der Waals surface area contributed by atoms with Crippen molar-refractivity contribution in [1.82, 2.24) is 10.1 Å². The van der Waals surface area contributed by atoms with E-state index in [-0.39, 0.29) is 40.8 Å². The van der Waals surface area contributed by atoms with Crippen molar-refractivity contribution in [1.29, 1.82) is 0 Å². The summed E-state index contributed by atoms with van der Waals surface area (Å²) in [4.78, 5) is 13.7. The number of amides is 1. The molecule has 1 aromatic carbocycles. The summed E-state index contributed by atoms with van der Waals surface area (Å²) in [5, 5.41) is 12.8. The fraction of sp³-hybridized carbons (Fsp3) is 0.286. The van der Waals surface area contributed by atoms with Crippen LogP contribution in [0.4, 0.5) is 4.39 Å². The Kier molecular flexibility index (Phi) is 4.59. The Morgan fingerprint density at radius 1 is 1.52 bits per heavy atom. The molecular weight excluding hydrogens is 299 g/mol. The number of aliphatic hydroxyl groups excluding tert-OH is 1. The molecule has 0 aliphatic heterocycles. The van der Waals surface area contributed by atoms with Gasteiger partial charge >= 0.3 is 0 Å². The zero-order valence-electron chi connectivity index (χ0n) is 11.6. The minimum absolute atomic E-state index is 0.0248. The highest BCUT2D eigenvalue weighted by Gasteiger charge is 2.27. The summed E-state index contributed by atoms with van der Waals surface area (Å²) in [5.74, 6) is -0.745. The number of carbonyl (C=O) groups is 1. The third-order valence-electron chi connectivity index (χ3n) is 3.06. The predicted molar refractivity (Wildman–Crippen MR) is 75.7 cm³/mol. The molecule has 0 aliphatic carbocycles. The number of aromatic nitrogens is 1. The molecule has 21 heavy (non-hydrogen) atoms. The Bertz CT molecular complexity index is 652. The molecule has 1 heterocycles. The molecule has 0 atom stereocenters. The maximum Gasteiger partial charge on any atom is 0.259 e. The second-order valence-electron chi connectivity index (χ2n) is 4.51. The maximum atomic E-state index is 14.0. The van der Waals surface area contributed by atoms with Crippen LogP contribution in [-0.4, -0.2) is 41.3 Å². The van der Waals surface area contributed by atoms with Crippen LogP contribution in [-0.2, 0) is 0 Å². The van der Waals surface area contributed by atoms with Crippen LogP contribution in [0.5, 0.6) is 0 Å². The van der Waals surface area contributed by atoms with Gasteiger partial charge in [0, 0.05) is 13.6 Å². The molecular formula is C14H14ClFN2O3. The van der Waals surface area contributed by atoms with Crippen LogP contribution in [0.25, 0.3) is 11.3 Å². The first-order valence-corrected chi connectivity index (χ1v) is 6.62. The van der Waals surface area contributed by atoms with Gasteiger partial charge in [0.1, 0.15) is 22.8 Å². The lowest BCUT2D eigenvalue weighted by atomic mass is 10.0. The summed E-state index contributed by atoms with van der Waals surface area (Å²) in [6.45, 7) is 1.53. The van der Waals surface area contributed by atoms with E-state index >= 15 is 0 Å². The van der Waals surface area contributed by atoms with Crippen LogP contribution in [0, 0.1) is 12.7 Å². The number of nitrogens with zero attached hydrogens (tertiary/aromatic N) is 2. The highest BCUT2D eigenvalue weighted by molar-refractivity contribution is 6.33. The maximum absolute atomic E-state index is 14.0. The molecule has 0 saturated heterocycles. The molecule has 1 aromatic heterocycles. The summed E-state index contributed by atoms with van der Waals surface area (Å²) in [6.07, 6.45) is 0. The van der Waals surface area contributed by atoms with Gasteiger partial charge in [0.2, 0.25) is 0 Å². The van der Waals surface area contributed by atoms with Crippen molar-refractivity contribution in [2.75, 3.05) is 20.2 Å². The van der Waals surface area contributed by atoms with Crippen LogP contribution in [0.2, 0.25) is 5.02 Å². The van der Waals surface area contributed by atoms with Crippen molar-refractivity contribution in [2.24, 2.45) is 0 Å². The van der Waals surface area contributed by atoms with E-state index in [1.54, 1.807) is 6.92 Å². The minimum Gasteiger partial charge on any atom is -0.395 e. The third kappa shape index (κ3) is 2.91. The molecule has 0 saturated carbocycles. The van der Waals surface area contributed by atoms with E-state index < -0.39 is 11.7 Å². The smallest absolute Gasteiger partial charge is 0.259 e. The van der Waals surface area contributed by atoms with Gasteiger partial charge in [-0.2, -0.15) is 0 Å². The van der Waals surface area contributed by atoms with Crippen LogP contribution >= 0.6 is 11.6 Å². The second kappa shape index (κ2) is 6.24. The summed E-state index contributed by atoms with van der Waals surface area (Å²) in [5.41, 5.74) is 0.222. The van der Waals surface area contributed by atoms with Crippen molar-refractivity contribution in [3.63, 3.8) is 0 Å². The number of rotatable bonds is 4. The van der Waals surface area contributed by atoms with Crippen molar-refractivity contribution in [3.8, 4) is 11.3 Å². The summed E-state index contributed by atoms with van der Waals surface area (Å²) in [6, 6.07) is 4.21. The van der Waals surface area contributed by atoms with E-state index in [1.807, 2.05) is 0 Å². The Morgan fingerprint density at radius 3 is 2.86 bits per heavy atom. The summed E-state index contributed by atoms with van der Waals surface area (Å²) >= 11 is 6.00. The fourth-order valence-electron chi connectivity index (χ4n) is 1.96. The largest absolute Gasteiger partial charge is 0.395 e. The zero-order chi connectivity index (χ0) is 15.6. The first-order valence-electron chi connectivity index (χ1n) is 6.24. The van der Waals surface area contributed by atoms with E-state index in [9.17, 15) is 9.18 Å². The highest BCUT2D eigenvalue weighted by atomic mass is 35.5. The van der Waals surface area contributed by atoms with E-state index in [0.717, 1.165) is 0 Å². The number of likely N-dealkylation sites (N-methyl/N-ethyl adjacent to an activating group) is 1. The van der Waals surface area contributed by atoms with E-state index in [4.69, 9.17) is 21.2 Å². The Morgan fingerprint density at radius 2 is 2.24 bits per heavy atom. The fourth-order valence-corrected chi connectivity index (χ4v) is 2.21. The van der Waals surface area contributed by atoms with Crippen LogP contribution in [0.3, 0.4) is 0 Å². The molecule has 0 bridgehead atoms. The lowest BCUT2D eigenvalue weighted by Crippen LogP contribution is -2.30. The molecule has 1 N–H and O–H groups in total. The lowest BCUT2D eigenvalue weighted by molar-refractivity contribution is 0.0766. The van der Waals surface area contributed by atoms with E-state index in [1.165, 1.54) is 30.1 Å². The van der Waals surface area contributed by atoms with E-state index in [0.29, 0.717) is 0 Å². The Balaban J connectivity index is 2.55. The van der Waals surface area contributed by atoms with Gasteiger partial charge in [0.15, 0.2) is 0 Å². The normalized spacial score (nSPS) is 10.7. The molecule has 1 amide bonds. The zero-order valence-corrected chi connectivity index (χ0v) is 12.3. The molecule has 0 spiro atoms. The Labute approximate surface area is 125 Å². The SMILES string of the molecule is Cc1onc(-c2c(F)cccc2Cl)c1C(=O)N(C)CCO. The number of hydrogen-bond donors (Lipinski definition) is 1. The van der Waals surface area contributed by atoms with Crippen LogP contribution in [0.15, 0.2) is 22.7 Å². The van der Waals surface area contributed by atoms with Gasteiger partial charge in [-0.1, -0.05) is 22.8 Å². The molecule has 2 aromatic rings. The minimum atomic E-state index is -0.588. The summed E-state index contributed by atoms with van der Waals surface area (Å²) < 4.78 is 19.0. The van der Waals surface area contributed by atoms with Crippen molar-refractivity contribution < 1.29 is 18.8 Å². The standard InChI is InChI=1S/C14H14ClFN2O3/c1-8-11(14(20)18(2)6-7-19)13(17-21-8)12-9(15)4-3-5-10(12)16/h3-5,19H,6-7H2,1-2H3. The van der Waals surface area contributed by atoms with E-state index in [2.05, 4.69) is 5.16 Å². The molecule has 0 radical (unpaired) electrons. The number of halogens is 2. The molecule has 112 valence electrons.